The molecule has 0 aromatic carbocycles. The largest absolute Gasteiger partial charge is 0.330 e. The summed E-state index contributed by atoms with van der Waals surface area (Å²) in [4.78, 5) is 4.99. The van der Waals surface area contributed by atoms with Gasteiger partial charge in [0.15, 0.2) is 0 Å². The SMILES string of the molecule is CC(CCCN)CN1CCCC1CN(C)C. The van der Waals surface area contributed by atoms with Gasteiger partial charge < -0.3 is 10.6 Å². The van der Waals surface area contributed by atoms with E-state index in [9.17, 15) is 0 Å². The fraction of sp³-hybridized carbons (Fsp3) is 1.00. The minimum absolute atomic E-state index is 0.787. The summed E-state index contributed by atoms with van der Waals surface area (Å²) >= 11 is 0. The fourth-order valence-electron chi connectivity index (χ4n) is 2.72. The van der Waals surface area contributed by atoms with Crippen LogP contribution in [0.5, 0.6) is 0 Å². The molecule has 96 valence electrons. The van der Waals surface area contributed by atoms with Gasteiger partial charge in [-0.2, -0.15) is 0 Å². The molecule has 3 heteroatoms. The van der Waals surface area contributed by atoms with Crippen LogP contribution in [0, 0.1) is 5.92 Å². The third-order valence-electron chi connectivity index (χ3n) is 3.52. The number of likely N-dealkylation sites (N-methyl/N-ethyl adjacent to an activating group) is 1. The molecule has 1 aliphatic rings. The number of hydrogen-bond acceptors (Lipinski definition) is 3. The number of nitrogens with zero attached hydrogens (tertiary/aromatic N) is 2. The van der Waals surface area contributed by atoms with Crippen LogP contribution in [0.1, 0.15) is 32.6 Å². The molecule has 0 aromatic heterocycles. The van der Waals surface area contributed by atoms with Crippen molar-refractivity contribution in [2.45, 2.75) is 38.6 Å². The van der Waals surface area contributed by atoms with Gasteiger partial charge in [-0.15, -0.1) is 0 Å². The van der Waals surface area contributed by atoms with E-state index in [0.717, 1.165) is 18.5 Å². The monoisotopic (exact) mass is 227 g/mol. The van der Waals surface area contributed by atoms with Crippen molar-refractivity contribution in [3.63, 3.8) is 0 Å². The summed E-state index contributed by atoms with van der Waals surface area (Å²) in [6.07, 6.45) is 5.21. The lowest BCUT2D eigenvalue weighted by molar-refractivity contribution is 0.182. The smallest absolute Gasteiger partial charge is 0.0223 e. The summed E-state index contributed by atoms with van der Waals surface area (Å²) in [6.45, 7) is 6.97. The second-order valence-electron chi connectivity index (χ2n) is 5.59. The molecule has 3 nitrogen and oxygen atoms in total. The molecular weight excluding hydrogens is 198 g/mol. The first-order valence-electron chi connectivity index (χ1n) is 6.72. The second kappa shape index (κ2) is 7.25. The molecule has 0 bridgehead atoms. The van der Waals surface area contributed by atoms with Gasteiger partial charge in [0.25, 0.3) is 0 Å². The first-order valence-corrected chi connectivity index (χ1v) is 6.72. The molecule has 0 saturated carbocycles. The normalized spacial score (nSPS) is 24.2. The Balaban J connectivity index is 2.28. The van der Waals surface area contributed by atoms with Crippen LogP contribution in [-0.4, -0.2) is 56.1 Å². The van der Waals surface area contributed by atoms with E-state index >= 15 is 0 Å². The van der Waals surface area contributed by atoms with Crippen LogP contribution in [0.3, 0.4) is 0 Å². The highest BCUT2D eigenvalue weighted by Gasteiger charge is 2.25. The Kier molecular flexibility index (Phi) is 6.32. The molecule has 1 aliphatic heterocycles. The Morgan fingerprint density at radius 2 is 2.19 bits per heavy atom. The van der Waals surface area contributed by atoms with Crippen LogP contribution in [0.2, 0.25) is 0 Å². The van der Waals surface area contributed by atoms with Crippen LogP contribution in [0.15, 0.2) is 0 Å². The van der Waals surface area contributed by atoms with E-state index in [1.54, 1.807) is 0 Å². The molecular formula is C13H29N3. The molecule has 1 saturated heterocycles. The molecule has 0 aliphatic carbocycles. The van der Waals surface area contributed by atoms with Crippen molar-refractivity contribution in [3.8, 4) is 0 Å². The lowest BCUT2D eigenvalue weighted by Crippen LogP contribution is -2.39. The molecule has 1 fully saturated rings. The Morgan fingerprint density at radius 3 is 2.81 bits per heavy atom. The van der Waals surface area contributed by atoms with Crippen molar-refractivity contribution in [2.24, 2.45) is 11.7 Å². The predicted molar refractivity (Wildman–Crippen MR) is 70.6 cm³/mol. The first-order chi connectivity index (χ1) is 7.63. The van der Waals surface area contributed by atoms with Crippen molar-refractivity contribution in [1.29, 1.82) is 0 Å². The van der Waals surface area contributed by atoms with Gasteiger partial charge in [0.05, 0.1) is 0 Å². The maximum absolute atomic E-state index is 5.56. The summed E-state index contributed by atoms with van der Waals surface area (Å²) in [6, 6.07) is 0.787. The summed E-state index contributed by atoms with van der Waals surface area (Å²) < 4.78 is 0. The topological polar surface area (TPSA) is 32.5 Å². The minimum atomic E-state index is 0.787. The third-order valence-corrected chi connectivity index (χ3v) is 3.52. The van der Waals surface area contributed by atoms with Crippen molar-refractivity contribution in [1.82, 2.24) is 9.80 Å². The molecule has 2 N–H and O–H groups in total. The highest BCUT2D eigenvalue weighted by molar-refractivity contribution is 4.81. The van der Waals surface area contributed by atoms with E-state index in [4.69, 9.17) is 5.73 Å². The zero-order valence-corrected chi connectivity index (χ0v) is 11.3. The van der Waals surface area contributed by atoms with Crippen LogP contribution in [0.25, 0.3) is 0 Å². The Hall–Kier alpha value is -0.120. The maximum atomic E-state index is 5.56. The molecule has 2 atom stereocenters. The maximum Gasteiger partial charge on any atom is 0.0223 e. The van der Waals surface area contributed by atoms with E-state index in [1.165, 1.54) is 45.3 Å². The average Bonchev–Trinajstić information content (AvgIpc) is 2.62. The zero-order chi connectivity index (χ0) is 12.0. The lowest BCUT2D eigenvalue weighted by Gasteiger charge is -2.29. The standard InChI is InChI=1S/C13H29N3/c1-12(6-4-8-14)10-16-9-5-7-13(16)11-15(2)3/h12-13H,4-11,14H2,1-3H3. The molecule has 2 unspecified atom stereocenters. The van der Waals surface area contributed by atoms with E-state index in [2.05, 4.69) is 30.8 Å². The second-order valence-corrected chi connectivity index (χ2v) is 5.59. The van der Waals surface area contributed by atoms with Gasteiger partial charge in [0, 0.05) is 19.1 Å². The van der Waals surface area contributed by atoms with Gasteiger partial charge in [0.1, 0.15) is 0 Å². The first kappa shape index (κ1) is 13.9. The van der Waals surface area contributed by atoms with Gasteiger partial charge in [0.2, 0.25) is 0 Å². The zero-order valence-electron chi connectivity index (χ0n) is 11.3. The average molecular weight is 227 g/mol. The van der Waals surface area contributed by atoms with Crippen LogP contribution in [0.4, 0.5) is 0 Å². The Labute approximate surface area is 101 Å². The van der Waals surface area contributed by atoms with Crippen molar-refractivity contribution in [2.75, 3.05) is 40.3 Å². The van der Waals surface area contributed by atoms with Gasteiger partial charge in [-0.25, -0.2) is 0 Å². The van der Waals surface area contributed by atoms with Crippen LogP contribution < -0.4 is 5.73 Å². The Morgan fingerprint density at radius 1 is 1.44 bits per heavy atom. The summed E-state index contributed by atoms with van der Waals surface area (Å²) in [5.74, 6) is 0.798. The minimum Gasteiger partial charge on any atom is -0.330 e. The number of likely N-dealkylation sites (tertiary alicyclic amines) is 1. The fourth-order valence-corrected chi connectivity index (χ4v) is 2.72. The van der Waals surface area contributed by atoms with Crippen LogP contribution >= 0.6 is 0 Å². The predicted octanol–water partition coefficient (Wildman–Crippen LogP) is 1.39. The van der Waals surface area contributed by atoms with Gasteiger partial charge in [-0.05, 0) is 58.8 Å². The van der Waals surface area contributed by atoms with Gasteiger partial charge in [-0.3, -0.25) is 4.90 Å². The van der Waals surface area contributed by atoms with E-state index in [0.29, 0.717) is 0 Å². The molecule has 16 heavy (non-hydrogen) atoms. The molecule has 0 radical (unpaired) electrons. The number of hydrogen-bond donors (Lipinski definition) is 1. The highest BCUT2D eigenvalue weighted by Crippen LogP contribution is 2.20. The molecule has 1 rings (SSSR count). The quantitative estimate of drug-likeness (QED) is 0.713. The molecule has 0 amide bonds. The van der Waals surface area contributed by atoms with Gasteiger partial charge in [-0.1, -0.05) is 6.92 Å². The summed E-state index contributed by atoms with van der Waals surface area (Å²) in [5.41, 5.74) is 5.56. The van der Waals surface area contributed by atoms with E-state index < -0.39 is 0 Å². The van der Waals surface area contributed by atoms with Crippen molar-refractivity contribution < 1.29 is 0 Å². The molecule has 0 aromatic rings. The van der Waals surface area contributed by atoms with Gasteiger partial charge >= 0.3 is 0 Å². The summed E-state index contributed by atoms with van der Waals surface area (Å²) in [7, 11) is 4.35. The van der Waals surface area contributed by atoms with Crippen molar-refractivity contribution >= 4 is 0 Å². The number of nitrogens with two attached hydrogens (primary N) is 1. The molecule has 1 heterocycles. The highest BCUT2D eigenvalue weighted by atomic mass is 15.2. The van der Waals surface area contributed by atoms with E-state index in [1.807, 2.05) is 0 Å². The lowest BCUT2D eigenvalue weighted by atomic mass is 10.0. The number of rotatable bonds is 7. The summed E-state index contributed by atoms with van der Waals surface area (Å²) in [5, 5.41) is 0. The Bertz CT molecular complexity index is 182. The molecule has 0 spiro atoms. The third kappa shape index (κ3) is 4.81. The van der Waals surface area contributed by atoms with E-state index in [-0.39, 0.29) is 0 Å². The van der Waals surface area contributed by atoms with Crippen molar-refractivity contribution in [3.05, 3.63) is 0 Å². The van der Waals surface area contributed by atoms with Crippen LogP contribution in [-0.2, 0) is 0 Å².